The van der Waals surface area contributed by atoms with E-state index < -0.39 is 11.3 Å². The van der Waals surface area contributed by atoms with E-state index in [9.17, 15) is 10.1 Å². The normalized spacial score (nSPS) is 19.6. The predicted octanol–water partition coefficient (Wildman–Crippen LogP) is 5.99. The van der Waals surface area contributed by atoms with E-state index in [0.717, 1.165) is 35.0 Å². The zero-order chi connectivity index (χ0) is 25.8. The summed E-state index contributed by atoms with van der Waals surface area (Å²) in [6.07, 6.45) is 6.49. The number of nitrogens with zero attached hydrogens (tertiary/aromatic N) is 3. The molecule has 3 aromatic rings. The molecule has 0 aromatic heterocycles. The number of methoxy groups -OCH3 is 1. The first kappa shape index (κ1) is 25.3. The van der Waals surface area contributed by atoms with Crippen molar-refractivity contribution >= 4 is 16.7 Å². The maximum Gasteiger partial charge on any atom is 0.243 e. The van der Waals surface area contributed by atoms with Gasteiger partial charge >= 0.3 is 0 Å². The van der Waals surface area contributed by atoms with Crippen LogP contribution in [0.5, 0.6) is 5.75 Å². The number of carbonyl (C=O) groups is 1. The second kappa shape index (κ2) is 10.9. The van der Waals surface area contributed by atoms with Gasteiger partial charge in [0.15, 0.2) is 0 Å². The standard InChI is InChI=1S/C32H37N3O2/c1-32(23-33,31(36)35-21-19-34(20-22-35)25-13-4-3-5-14-25)30(28-16-8-9-18-29(28)37-2)27-17-10-12-24-11-6-7-15-26(24)27/h6-12,15-18,25,30H,3-5,13-14,19-22H2,1-2H3/t30-,32+/m0/s1. The van der Waals surface area contributed by atoms with E-state index in [-0.39, 0.29) is 5.91 Å². The SMILES string of the molecule is COc1ccccc1[C@H](c1cccc2ccccc12)[C@@](C)(C#N)C(=O)N1CCN(C2CCCCC2)CC1. The number of para-hydroxylation sites is 1. The van der Waals surface area contributed by atoms with Gasteiger partial charge in [0.1, 0.15) is 11.2 Å². The van der Waals surface area contributed by atoms with E-state index in [1.807, 2.05) is 54.3 Å². The number of rotatable bonds is 6. The Kier molecular flexibility index (Phi) is 7.48. The maximum absolute atomic E-state index is 14.3. The fourth-order valence-corrected chi connectivity index (χ4v) is 6.50. The predicted molar refractivity (Wildman–Crippen MR) is 148 cm³/mol. The smallest absolute Gasteiger partial charge is 0.243 e. The van der Waals surface area contributed by atoms with Crippen LogP contribution in [0, 0.1) is 16.7 Å². The van der Waals surface area contributed by atoms with Gasteiger partial charge in [0.2, 0.25) is 5.91 Å². The molecular weight excluding hydrogens is 458 g/mol. The van der Waals surface area contributed by atoms with Gasteiger partial charge in [-0.05, 0) is 42.2 Å². The Morgan fingerprint density at radius 2 is 1.57 bits per heavy atom. The van der Waals surface area contributed by atoms with Crippen LogP contribution in [0.25, 0.3) is 10.8 Å². The molecule has 2 aliphatic rings. The topological polar surface area (TPSA) is 56.6 Å². The summed E-state index contributed by atoms with van der Waals surface area (Å²) in [6, 6.07) is 25.3. The number of hydrogen-bond donors (Lipinski definition) is 0. The number of piperazine rings is 1. The van der Waals surface area contributed by atoms with Gasteiger partial charge in [0.05, 0.1) is 13.2 Å². The van der Waals surface area contributed by atoms with E-state index >= 15 is 0 Å². The zero-order valence-electron chi connectivity index (χ0n) is 22.0. The van der Waals surface area contributed by atoms with E-state index in [1.165, 1.54) is 32.1 Å². The molecule has 1 heterocycles. The molecule has 5 rings (SSSR count). The van der Waals surface area contributed by atoms with Gasteiger partial charge in [0.25, 0.3) is 0 Å². The first-order valence-corrected chi connectivity index (χ1v) is 13.6. The molecule has 192 valence electrons. The van der Waals surface area contributed by atoms with Crippen LogP contribution in [0.3, 0.4) is 0 Å². The van der Waals surface area contributed by atoms with Gasteiger partial charge in [-0.15, -0.1) is 0 Å². The van der Waals surface area contributed by atoms with E-state index in [4.69, 9.17) is 4.74 Å². The largest absolute Gasteiger partial charge is 0.496 e. The molecule has 1 saturated heterocycles. The van der Waals surface area contributed by atoms with Crippen LogP contribution in [0.1, 0.15) is 56.1 Å². The minimum atomic E-state index is -1.30. The summed E-state index contributed by atoms with van der Waals surface area (Å²) in [6.45, 7) is 4.92. The van der Waals surface area contributed by atoms with E-state index in [2.05, 4.69) is 35.2 Å². The molecule has 0 N–H and O–H groups in total. The second-order valence-corrected chi connectivity index (χ2v) is 10.7. The highest BCUT2D eigenvalue weighted by molar-refractivity contribution is 5.91. The molecule has 0 radical (unpaired) electrons. The third-order valence-electron chi connectivity index (χ3n) is 8.53. The lowest BCUT2D eigenvalue weighted by atomic mass is 9.68. The van der Waals surface area contributed by atoms with Crippen molar-refractivity contribution in [1.29, 1.82) is 5.26 Å². The summed E-state index contributed by atoms with van der Waals surface area (Å²) in [5.41, 5.74) is 0.534. The van der Waals surface area contributed by atoms with Gasteiger partial charge < -0.3 is 9.64 Å². The number of carbonyl (C=O) groups excluding carboxylic acids is 1. The van der Waals surface area contributed by atoms with Crippen molar-refractivity contribution in [2.75, 3.05) is 33.3 Å². The minimum absolute atomic E-state index is 0.0952. The van der Waals surface area contributed by atoms with Crippen molar-refractivity contribution in [2.45, 2.75) is 51.0 Å². The Balaban J connectivity index is 1.52. The molecule has 0 unspecified atom stereocenters. The molecule has 0 bridgehead atoms. The lowest BCUT2D eigenvalue weighted by Gasteiger charge is -2.43. The molecule has 1 aliphatic heterocycles. The fourth-order valence-electron chi connectivity index (χ4n) is 6.50. The summed E-state index contributed by atoms with van der Waals surface area (Å²) in [7, 11) is 1.65. The van der Waals surface area contributed by atoms with Gasteiger partial charge in [-0.25, -0.2) is 0 Å². The quantitative estimate of drug-likeness (QED) is 0.422. The molecule has 0 spiro atoms. The van der Waals surface area contributed by atoms with Crippen molar-refractivity contribution in [2.24, 2.45) is 5.41 Å². The van der Waals surface area contributed by atoms with Crippen molar-refractivity contribution < 1.29 is 9.53 Å². The average Bonchev–Trinajstić information content (AvgIpc) is 2.97. The van der Waals surface area contributed by atoms with Gasteiger partial charge in [-0.3, -0.25) is 9.69 Å². The third kappa shape index (κ3) is 4.83. The fraction of sp³-hybridized carbons (Fsp3) is 0.438. The summed E-state index contributed by atoms with van der Waals surface area (Å²) in [4.78, 5) is 18.8. The van der Waals surface area contributed by atoms with Crippen LogP contribution in [-0.2, 0) is 4.79 Å². The first-order chi connectivity index (χ1) is 18.1. The molecule has 2 fully saturated rings. The van der Waals surface area contributed by atoms with Gasteiger partial charge in [0, 0.05) is 43.7 Å². The third-order valence-corrected chi connectivity index (χ3v) is 8.53. The van der Waals surface area contributed by atoms with Crippen molar-refractivity contribution in [3.05, 3.63) is 77.9 Å². The number of ether oxygens (including phenoxy) is 1. The van der Waals surface area contributed by atoms with Crippen LogP contribution in [0.15, 0.2) is 66.7 Å². The molecule has 1 amide bonds. The molecule has 2 atom stereocenters. The summed E-state index contributed by atoms with van der Waals surface area (Å²) in [5.74, 6) is 0.114. The van der Waals surface area contributed by atoms with Crippen LogP contribution >= 0.6 is 0 Å². The molecule has 1 aliphatic carbocycles. The number of nitriles is 1. The van der Waals surface area contributed by atoms with E-state index in [0.29, 0.717) is 24.9 Å². The van der Waals surface area contributed by atoms with E-state index in [1.54, 1.807) is 7.11 Å². The number of fused-ring (bicyclic) bond motifs is 1. The number of benzene rings is 3. The monoisotopic (exact) mass is 495 g/mol. The molecular formula is C32H37N3O2. The van der Waals surface area contributed by atoms with Crippen LogP contribution in [0.2, 0.25) is 0 Å². The van der Waals surface area contributed by atoms with Crippen molar-refractivity contribution in [3.63, 3.8) is 0 Å². The zero-order valence-corrected chi connectivity index (χ0v) is 22.0. The van der Waals surface area contributed by atoms with Gasteiger partial charge in [-0.2, -0.15) is 5.26 Å². The highest BCUT2D eigenvalue weighted by atomic mass is 16.5. The summed E-state index contributed by atoms with van der Waals surface area (Å²) in [5, 5.41) is 12.9. The van der Waals surface area contributed by atoms with Crippen LogP contribution < -0.4 is 4.74 Å². The highest BCUT2D eigenvalue weighted by Gasteiger charge is 2.48. The Bertz CT molecular complexity index is 1280. The maximum atomic E-state index is 14.3. The molecule has 1 saturated carbocycles. The average molecular weight is 496 g/mol. The molecule has 5 heteroatoms. The minimum Gasteiger partial charge on any atom is -0.496 e. The van der Waals surface area contributed by atoms with Crippen molar-refractivity contribution in [3.8, 4) is 11.8 Å². The molecule has 3 aromatic carbocycles. The Morgan fingerprint density at radius 1 is 0.919 bits per heavy atom. The lowest BCUT2D eigenvalue weighted by Crippen LogP contribution is -2.55. The lowest BCUT2D eigenvalue weighted by molar-refractivity contribution is -0.141. The van der Waals surface area contributed by atoms with Gasteiger partial charge in [-0.1, -0.05) is 79.9 Å². The van der Waals surface area contributed by atoms with Crippen LogP contribution in [0.4, 0.5) is 0 Å². The van der Waals surface area contributed by atoms with Crippen molar-refractivity contribution in [1.82, 2.24) is 9.80 Å². The Morgan fingerprint density at radius 3 is 2.30 bits per heavy atom. The van der Waals surface area contributed by atoms with Crippen LogP contribution in [-0.4, -0.2) is 55.0 Å². The first-order valence-electron chi connectivity index (χ1n) is 13.6. The number of amides is 1. The summed E-state index contributed by atoms with van der Waals surface area (Å²) >= 11 is 0. The summed E-state index contributed by atoms with van der Waals surface area (Å²) < 4.78 is 5.76. The Hall–Kier alpha value is -3.36. The number of hydrogen-bond acceptors (Lipinski definition) is 4. The highest BCUT2D eigenvalue weighted by Crippen LogP contribution is 2.47. The molecule has 37 heavy (non-hydrogen) atoms. The second-order valence-electron chi connectivity index (χ2n) is 10.7. The Labute approximate surface area is 220 Å². The molecule has 5 nitrogen and oxygen atoms in total.